The largest absolute Gasteiger partial charge is 0.477 e. The van der Waals surface area contributed by atoms with Crippen molar-refractivity contribution in [3.05, 3.63) is 41.4 Å². The van der Waals surface area contributed by atoms with Gasteiger partial charge in [-0.1, -0.05) is 6.07 Å². The Kier molecular flexibility index (Phi) is 3.75. The van der Waals surface area contributed by atoms with Crippen molar-refractivity contribution >= 4 is 17.3 Å². The molecule has 2 rings (SSSR count). The van der Waals surface area contributed by atoms with Crippen LogP contribution in [-0.2, 0) is 17.5 Å². The Balaban J connectivity index is 2.04. The van der Waals surface area contributed by atoms with Crippen LogP contribution in [0.25, 0.3) is 0 Å². The molecular formula is C12H11F3N2OS. The van der Waals surface area contributed by atoms with Crippen molar-refractivity contribution in [1.82, 2.24) is 9.88 Å². The zero-order chi connectivity index (χ0) is 14.0. The highest BCUT2D eigenvalue weighted by molar-refractivity contribution is 7.80. The number of aromatic nitrogens is 1. The Morgan fingerprint density at radius 1 is 1.42 bits per heavy atom. The third-order valence-electron chi connectivity index (χ3n) is 2.67. The number of likely N-dealkylation sites (N-methyl/N-ethyl adjacent to an activating group) is 1. The summed E-state index contributed by atoms with van der Waals surface area (Å²) in [6.07, 6.45) is -1.45. The van der Waals surface area contributed by atoms with E-state index in [9.17, 15) is 13.2 Å². The van der Waals surface area contributed by atoms with Gasteiger partial charge in [-0.3, -0.25) is 4.98 Å². The Hall–Kier alpha value is -1.63. The molecule has 0 bridgehead atoms. The highest BCUT2D eigenvalue weighted by atomic mass is 32.1. The van der Waals surface area contributed by atoms with Gasteiger partial charge in [0.15, 0.2) is 5.05 Å². The summed E-state index contributed by atoms with van der Waals surface area (Å²) in [4.78, 5) is 5.28. The van der Waals surface area contributed by atoms with Gasteiger partial charge in [-0.15, -0.1) is 0 Å². The summed E-state index contributed by atoms with van der Waals surface area (Å²) in [5.74, 6) is 0. The van der Waals surface area contributed by atoms with E-state index in [4.69, 9.17) is 17.0 Å². The minimum atomic E-state index is -4.40. The van der Waals surface area contributed by atoms with Crippen molar-refractivity contribution < 1.29 is 17.9 Å². The first-order valence-corrected chi connectivity index (χ1v) is 5.87. The zero-order valence-corrected chi connectivity index (χ0v) is 10.9. The Morgan fingerprint density at radius 3 is 2.63 bits per heavy atom. The van der Waals surface area contributed by atoms with Crippen LogP contribution in [0.3, 0.4) is 0 Å². The summed E-state index contributed by atoms with van der Waals surface area (Å²) < 4.78 is 42.2. The van der Waals surface area contributed by atoms with Crippen LogP contribution < -0.4 is 0 Å². The average Bonchev–Trinajstić information content (AvgIpc) is 2.75. The van der Waals surface area contributed by atoms with Gasteiger partial charge in [-0.05, 0) is 23.8 Å². The topological polar surface area (TPSA) is 25.4 Å². The first kappa shape index (κ1) is 13.8. The molecule has 1 aromatic heterocycles. The molecular weight excluding hydrogens is 277 g/mol. The first-order chi connectivity index (χ1) is 8.86. The summed E-state index contributed by atoms with van der Waals surface area (Å²) in [6.45, 7) is 0.840. The molecule has 0 N–H and O–H groups in total. The van der Waals surface area contributed by atoms with E-state index in [1.807, 2.05) is 11.9 Å². The molecule has 0 fully saturated rings. The number of alkyl halides is 3. The van der Waals surface area contributed by atoms with E-state index in [1.54, 1.807) is 6.08 Å². The fourth-order valence-electron chi connectivity index (χ4n) is 1.65. The van der Waals surface area contributed by atoms with Gasteiger partial charge in [0.25, 0.3) is 0 Å². The molecule has 0 amide bonds. The van der Waals surface area contributed by atoms with Crippen molar-refractivity contribution in [2.45, 2.75) is 12.7 Å². The third-order valence-corrected chi connectivity index (χ3v) is 2.91. The fourth-order valence-corrected chi connectivity index (χ4v) is 1.84. The smallest absolute Gasteiger partial charge is 0.433 e. The van der Waals surface area contributed by atoms with E-state index >= 15 is 0 Å². The second-order valence-electron chi connectivity index (χ2n) is 4.15. The minimum Gasteiger partial charge on any atom is -0.477 e. The van der Waals surface area contributed by atoms with Crippen molar-refractivity contribution in [2.24, 2.45) is 0 Å². The molecule has 0 atom stereocenters. The SMILES string of the molecule is CN(Cc1ccc(C(F)(F)F)nc1)C1=CC(=S)OC1. The Labute approximate surface area is 113 Å². The number of rotatable bonds is 3. The predicted octanol–water partition coefficient (Wildman–Crippen LogP) is 2.77. The van der Waals surface area contributed by atoms with Crippen LogP contribution in [-0.4, -0.2) is 28.6 Å². The molecule has 1 aliphatic rings. The molecule has 3 nitrogen and oxygen atoms in total. The van der Waals surface area contributed by atoms with Crippen molar-refractivity contribution in [2.75, 3.05) is 13.7 Å². The van der Waals surface area contributed by atoms with Gasteiger partial charge in [0.05, 0.1) is 5.70 Å². The number of ether oxygens (including phenoxy) is 1. The summed E-state index contributed by atoms with van der Waals surface area (Å²) in [7, 11) is 1.82. The number of nitrogens with zero attached hydrogens (tertiary/aromatic N) is 2. The van der Waals surface area contributed by atoms with Crippen molar-refractivity contribution in [3.8, 4) is 0 Å². The molecule has 1 aromatic rings. The summed E-state index contributed by atoms with van der Waals surface area (Å²) in [5, 5.41) is 0.424. The number of pyridine rings is 1. The standard InChI is InChI=1S/C12H11F3N2OS/c1-17(9-4-11(19)18-7-9)6-8-2-3-10(16-5-8)12(13,14)15/h2-5H,6-7H2,1H3. The molecule has 0 saturated heterocycles. The molecule has 2 heterocycles. The van der Waals surface area contributed by atoms with E-state index in [1.165, 1.54) is 12.3 Å². The molecule has 0 radical (unpaired) electrons. The van der Waals surface area contributed by atoms with E-state index in [0.717, 1.165) is 11.8 Å². The van der Waals surface area contributed by atoms with Gasteiger partial charge in [0.2, 0.25) is 0 Å². The second-order valence-corrected chi connectivity index (χ2v) is 4.55. The second kappa shape index (κ2) is 5.16. The predicted molar refractivity (Wildman–Crippen MR) is 67.3 cm³/mol. The summed E-state index contributed by atoms with van der Waals surface area (Å²) in [5.41, 5.74) is 0.697. The van der Waals surface area contributed by atoms with Gasteiger partial charge < -0.3 is 9.64 Å². The number of halogens is 3. The molecule has 7 heteroatoms. The molecule has 0 aromatic carbocycles. The normalized spacial score (nSPS) is 15.2. The quantitative estimate of drug-likeness (QED) is 0.799. The number of thiocarbonyl (C=S) groups is 1. The number of hydrogen-bond acceptors (Lipinski definition) is 4. The third kappa shape index (κ3) is 3.44. The maximum atomic E-state index is 12.4. The molecule has 1 aliphatic heterocycles. The van der Waals surface area contributed by atoms with E-state index in [2.05, 4.69) is 4.98 Å². The monoisotopic (exact) mass is 288 g/mol. The van der Waals surface area contributed by atoms with Crippen molar-refractivity contribution in [1.29, 1.82) is 0 Å². The average molecular weight is 288 g/mol. The zero-order valence-electron chi connectivity index (χ0n) is 10.1. The van der Waals surface area contributed by atoms with Crippen LogP contribution in [0.15, 0.2) is 30.1 Å². The number of hydrogen-bond donors (Lipinski definition) is 0. The Bertz CT molecular complexity index is 511. The van der Waals surface area contributed by atoms with Crippen LogP contribution in [0.1, 0.15) is 11.3 Å². The van der Waals surface area contributed by atoms with E-state index in [0.29, 0.717) is 23.8 Å². The fraction of sp³-hybridized carbons (Fsp3) is 0.333. The van der Waals surface area contributed by atoms with E-state index in [-0.39, 0.29) is 0 Å². The molecule has 0 unspecified atom stereocenters. The lowest BCUT2D eigenvalue weighted by Crippen LogP contribution is -2.18. The summed E-state index contributed by atoms with van der Waals surface area (Å²) in [6, 6.07) is 2.40. The molecule has 102 valence electrons. The first-order valence-electron chi connectivity index (χ1n) is 5.47. The maximum absolute atomic E-state index is 12.4. The van der Waals surface area contributed by atoms with Crippen molar-refractivity contribution in [3.63, 3.8) is 0 Å². The van der Waals surface area contributed by atoms with Crippen LogP contribution in [0, 0.1) is 0 Å². The van der Waals surface area contributed by atoms with Gasteiger partial charge in [0.1, 0.15) is 12.3 Å². The lowest BCUT2D eigenvalue weighted by molar-refractivity contribution is -0.141. The van der Waals surface area contributed by atoms with Crippen LogP contribution in [0.4, 0.5) is 13.2 Å². The Morgan fingerprint density at radius 2 is 2.16 bits per heavy atom. The van der Waals surface area contributed by atoms with Gasteiger partial charge >= 0.3 is 6.18 Å². The summed E-state index contributed by atoms with van der Waals surface area (Å²) >= 11 is 4.88. The van der Waals surface area contributed by atoms with E-state index < -0.39 is 11.9 Å². The minimum absolute atomic E-state index is 0.392. The highest BCUT2D eigenvalue weighted by Crippen LogP contribution is 2.27. The van der Waals surface area contributed by atoms with Gasteiger partial charge in [0, 0.05) is 25.9 Å². The lowest BCUT2D eigenvalue weighted by atomic mass is 10.2. The van der Waals surface area contributed by atoms with Gasteiger partial charge in [-0.25, -0.2) is 0 Å². The maximum Gasteiger partial charge on any atom is 0.433 e. The van der Waals surface area contributed by atoms with Gasteiger partial charge in [-0.2, -0.15) is 13.2 Å². The highest BCUT2D eigenvalue weighted by Gasteiger charge is 2.32. The van der Waals surface area contributed by atoms with Crippen LogP contribution in [0.5, 0.6) is 0 Å². The lowest BCUT2D eigenvalue weighted by Gasteiger charge is -2.19. The molecule has 0 spiro atoms. The van der Waals surface area contributed by atoms with Crippen LogP contribution >= 0.6 is 12.2 Å². The molecule has 19 heavy (non-hydrogen) atoms. The molecule has 0 saturated carbocycles. The van der Waals surface area contributed by atoms with Crippen LogP contribution in [0.2, 0.25) is 0 Å². The molecule has 0 aliphatic carbocycles.